The molecule has 166 valence electrons. The number of aliphatic imine (C=N–C) groups is 1. The van der Waals surface area contributed by atoms with Crippen LogP contribution in [0.1, 0.15) is 18.4 Å². The van der Waals surface area contributed by atoms with E-state index in [1.807, 2.05) is 23.1 Å². The van der Waals surface area contributed by atoms with Crippen LogP contribution < -0.4 is 10.6 Å². The fourth-order valence-corrected chi connectivity index (χ4v) is 3.66. The number of nitrogens with one attached hydrogen (secondary N) is 2. The fourth-order valence-electron chi connectivity index (χ4n) is 3.66. The van der Waals surface area contributed by atoms with Crippen molar-refractivity contribution in [2.45, 2.75) is 25.4 Å². The van der Waals surface area contributed by atoms with Crippen molar-refractivity contribution in [3.8, 4) is 0 Å². The maximum Gasteiger partial charge on any atom is 0.251 e. The van der Waals surface area contributed by atoms with Gasteiger partial charge in [-0.05, 0) is 24.8 Å². The lowest BCUT2D eigenvalue weighted by Crippen LogP contribution is -2.56. The Labute approximate surface area is 195 Å². The molecule has 8 nitrogen and oxygen atoms in total. The third kappa shape index (κ3) is 7.12. The van der Waals surface area contributed by atoms with Gasteiger partial charge in [-0.1, -0.05) is 30.3 Å². The minimum absolute atomic E-state index is 0. The number of piperazine rings is 1. The summed E-state index contributed by atoms with van der Waals surface area (Å²) in [4.78, 5) is 32.8. The summed E-state index contributed by atoms with van der Waals surface area (Å²) in [6.45, 7) is 4.12. The van der Waals surface area contributed by atoms with Crippen molar-refractivity contribution >= 4 is 41.8 Å². The Morgan fingerprint density at radius 2 is 1.80 bits per heavy atom. The third-order valence-electron chi connectivity index (χ3n) is 5.29. The van der Waals surface area contributed by atoms with Gasteiger partial charge in [-0.25, -0.2) is 0 Å². The topological polar surface area (TPSA) is 86.3 Å². The van der Waals surface area contributed by atoms with Gasteiger partial charge in [0.15, 0.2) is 5.96 Å². The second kappa shape index (κ2) is 12.7. The van der Waals surface area contributed by atoms with Crippen LogP contribution in [0.5, 0.6) is 0 Å². The van der Waals surface area contributed by atoms with Gasteiger partial charge < -0.3 is 25.2 Å². The molecular formula is C21H32IN5O3. The van der Waals surface area contributed by atoms with Crippen molar-refractivity contribution in [1.29, 1.82) is 0 Å². The van der Waals surface area contributed by atoms with Gasteiger partial charge in [-0.3, -0.25) is 14.6 Å². The highest BCUT2D eigenvalue weighted by Gasteiger charge is 2.30. The first-order chi connectivity index (χ1) is 14.2. The highest BCUT2D eigenvalue weighted by molar-refractivity contribution is 14.0. The summed E-state index contributed by atoms with van der Waals surface area (Å²) in [6.07, 6.45) is 2.32. The van der Waals surface area contributed by atoms with E-state index in [9.17, 15) is 9.59 Å². The molecular weight excluding hydrogens is 497 g/mol. The molecule has 1 aromatic carbocycles. The molecule has 0 bridgehead atoms. The highest BCUT2D eigenvalue weighted by atomic mass is 127. The van der Waals surface area contributed by atoms with E-state index >= 15 is 0 Å². The molecule has 2 amide bonds. The number of hydrogen-bond donors (Lipinski definition) is 2. The number of guanidine groups is 1. The van der Waals surface area contributed by atoms with Gasteiger partial charge in [0.05, 0.1) is 6.54 Å². The number of benzene rings is 1. The number of carbonyl (C=O) groups is 2. The Balaban J connectivity index is 0.00000320. The number of carbonyl (C=O) groups excluding carboxylic acids is 2. The van der Waals surface area contributed by atoms with Crippen LogP contribution in [0.25, 0.3) is 0 Å². The van der Waals surface area contributed by atoms with E-state index in [2.05, 4.69) is 32.7 Å². The largest absolute Gasteiger partial charge is 0.368 e. The normalized spacial score (nSPS) is 19.2. The van der Waals surface area contributed by atoms with Crippen LogP contribution in [0.4, 0.5) is 0 Å². The molecule has 1 unspecified atom stereocenters. The Kier molecular flexibility index (Phi) is 10.4. The van der Waals surface area contributed by atoms with Crippen LogP contribution >= 0.6 is 24.0 Å². The summed E-state index contributed by atoms with van der Waals surface area (Å²) >= 11 is 0. The summed E-state index contributed by atoms with van der Waals surface area (Å²) < 4.78 is 5.50. The predicted octanol–water partition coefficient (Wildman–Crippen LogP) is 0.862. The number of ether oxygens (including phenoxy) is 1. The summed E-state index contributed by atoms with van der Waals surface area (Å²) in [6, 6.07) is 10.1. The molecule has 0 spiro atoms. The Bertz CT molecular complexity index is 702. The molecule has 2 aliphatic heterocycles. The molecule has 0 radical (unpaired) electrons. The molecule has 1 aromatic rings. The second-order valence-electron chi connectivity index (χ2n) is 7.30. The minimum atomic E-state index is -0.265. The van der Waals surface area contributed by atoms with Gasteiger partial charge in [0.2, 0.25) is 5.91 Å². The lowest BCUT2D eigenvalue weighted by Gasteiger charge is -2.37. The van der Waals surface area contributed by atoms with Crippen LogP contribution in [-0.4, -0.2) is 86.6 Å². The van der Waals surface area contributed by atoms with E-state index in [0.717, 1.165) is 19.3 Å². The van der Waals surface area contributed by atoms with Crippen molar-refractivity contribution < 1.29 is 14.3 Å². The maximum absolute atomic E-state index is 12.4. The first kappa shape index (κ1) is 24.4. The average molecular weight is 529 g/mol. The first-order valence-electron chi connectivity index (χ1n) is 10.3. The van der Waals surface area contributed by atoms with Crippen LogP contribution in [0.2, 0.25) is 0 Å². The van der Waals surface area contributed by atoms with Crippen molar-refractivity contribution in [3.63, 3.8) is 0 Å². The molecule has 9 heteroatoms. The Hall–Kier alpha value is -1.88. The molecule has 2 saturated heterocycles. The van der Waals surface area contributed by atoms with Crippen LogP contribution in [-0.2, 0) is 20.7 Å². The van der Waals surface area contributed by atoms with Gasteiger partial charge in [0, 0.05) is 46.4 Å². The summed E-state index contributed by atoms with van der Waals surface area (Å²) in [7, 11) is 1.71. The zero-order valence-corrected chi connectivity index (χ0v) is 19.8. The molecule has 2 fully saturated rings. The maximum atomic E-state index is 12.4. The van der Waals surface area contributed by atoms with Crippen LogP contribution in [0, 0.1) is 0 Å². The van der Waals surface area contributed by atoms with Crippen molar-refractivity contribution in [2.24, 2.45) is 4.99 Å². The van der Waals surface area contributed by atoms with E-state index in [1.165, 1.54) is 5.56 Å². The molecule has 2 N–H and O–H groups in total. The smallest absolute Gasteiger partial charge is 0.251 e. The highest BCUT2D eigenvalue weighted by Crippen LogP contribution is 2.16. The van der Waals surface area contributed by atoms with Gasteiger partial charge in [0.1, 0.15) is 6.10 Å². The van der Waals surface area contributed by atoms with Gasteiger partial charge in [0.25, 0.3) is 5.91 Å². The summed E-state index contributed by atoms with van der Waals surface area (Å²) in [5.74, 6) is 0.726. The van der Waals surface area contributed by atoms with Gasteiger partial charge in [-0.15, -0.1) is 24.0 Å². The zero-order valence-electron chi connectivity index (χ0n) is 17.5. The Morgan fingerprint density at radius 1 is 1.10 bits per heavy atom. The number of rotatable bonds is 6. The van der Waals surface area contributed by atoms with Gasteiger partial charge >= 0.3 is 0 Å². The Morgan fingerprint density at radius 3 is 2.43 bits per heavy atom. The molecule has 30 heavy (non-hydrogen) atoms. The van der Waals surface area contributed by atoms with Gasteiger partial charge in [-0.2, -0.15) is 0 Å². The molecule has 3 rings (SSSR count). The molecule has 2 aliphatic rings. The van der Waals surface area contributed by atoms with Crippen LogP contribution in [0.3, 0.4) is 0 Å². The predicted molar refractivity (Wildman–Crippen MR) is 127 cm³/mol. The molecule has 0 aromatic heterocycles. The first-order valence-corrected chi connectivity index (χ1v) is 10.3. The minimum Gasteiger partial charge on any atom is -0.368 e. The fraction of sp³-hybridized carbons (Fsp3) is 0.571. The second-order valence-corrected chi connectivity index (χ2v) is 7.30. The molecule has 0 saturated carbocycles. The standard InChI is InChI=1S/C21H31N5O3.HI/c1-22-21(24-16-19(27)23-10-9-17-6-3-2-4-7-17)26-13-11-25(12-14-26)20(28)18-8-5-15-29-18;/h2-4,6-7,18H,5,8-16H2,1H3,(H,22,24)(H,23,27);1H. The van der Waals surface area contributed by atoms with Crippen molar-refractivity contribution in [3.05, 3.63) is 35.9 Å². The lowest BCUT2D eigenvalue weighted by molar-refractivity contribution is -0.142. The van der Waals surface area contributed by atoms with E-state index in [0.29, 0.717) is 45.3 Å². The van der Waals surface area contributed by atoms with Crippen molar-refractivity contribution in [2.75, 3.05) is 52.9 Å². The van der Waals surface area contributed by atoms with E-state index in [1.54, 1.807) is 7.05 Å². The van der Waals surface area contributed by atoms with E-state index in [4.69, 9.17) is 4.74 Å². The third-order valence-corrected chi connectivity index (χ3v) is 5.29. The number of nitrogens with zero attached hydrogens (tertiary/aromatic N) is 3. The lowest BCUT2D eigenvalue weighted by atomic mass is 10.1. The number of amides is 2. The summed E-state index contributed by atoms with van der Waals surface area (Å²) in [5.41, 5.74) is 1.20. The number of halogens is 1. The molecule has 1 atom stereocenters. The average Bonchev–Trinajstić information content (AvgIpc) is 3.30. The van der Waals surface area contributed by atoms with Crippen LogP contribution in [0.15, 0.2) is 35.3 Å². The molecule has 0 aliphatic carbocycles. The number of hydrogen-bond acceptors (Lipinski definition) is 4. The quantitative estimate of drug-likeness (QED) is 0.325. The van der Waals surface area contributed by atoms with Crippen molar-refractivity contribution in [1.82, 2.24) is 20.4 Å². The monoisotopic (exact) mass is 529 g/mol. The zero-order chi connectivity index (χ0) is 20.5. The molecule has 2 heterocycles. The SMILES string of the molecule is CN=C(NCC(=O)NCCc1ccccc1)N1CCN(C(=O)C2CCCO2)CC1.I. The van der Waals surface area contributed by atoms with E-state index < -0.39 is 0 Å². The van der Waals surface area contributed by atoms with E-state index in [-0.39, 0.29) is 48.4 Å². The summed E-state index contributed by atoms with van der Waals surface area (Å²) in [5, 5.41) is 6.05.